The molecule has 1 aliphatic rings. The fourth-order valence-corrected chi connectivity index (χ4v) is 2.56. The highest BCUT2D eigenvalue weighted by molar-refractivity contribution is 6.42. The summed E-state index contributed by atoms with van der Waals surface area (Å²) in [6.45, 7) is 3.73. The highest BCUT2D eigenvalue weighted by Crippen LogP contribution is 2.23. The van der Waals surface area contributed by atoms with Gasteiger partial charge < -0.3 is 15.0 Å². The number of halogens is 3. The van der Waals surface area contributed by atoms with Gasteiger partial charge in [0.15, 0.2) is 0 Å². The lowest BCUT2D eigenvalue weighted by Gasteiger charge is -2.32. The smallest absolute Gasteiger partial charge is 0.242 e. The molecule has 1 amide bonds. The van der Waals surface area contributed by atoms with Gasteiger partial charge in [0.05, 0.1) is 22.8 Å². The summed E-state index contributed by atoms with van der Waals surface area (Å²) in [7, 11) is 1.77. The van der Waals surface area contributed by atoms with Gasteiger partial charge in [0, 0.05) is 20.1 Å². The molecule has 2 rings (SSSR count). The quantitative estimate of drug-likeness (QED) is 0.908. The van der Waals surface area contributed by atoms with Crippen molar-refractivity contribution in [2.45, 2.75) is 25.6 Å². The van der Waals surface area contributed by atoms with E-state index in [2.05, 4.69) is 5.32 Å². The predicted molar refractivity (Wildman–Crippen MR) is 87.4 cm³/mol. The number of nitrogens with zero attached hydrogens (tertiary/aromatic N) is 1. The summed E-state index contributed by atoms with van der Waals surface area (Å²) in [6.07, 6.45) is -0.118. The molecule has 1 fully saturated rings. The Balaban J connectivity index is 0.00000220. The van der Waals surface area contributed by atoms with E-state index < -0.39 is 0 Å². The number of likely N-dealkylation sites (N-methyl/N-ethyl adjacent to an activating group) is 1. The number of nitrogens with one attached hydrogen (secondary N) is 1. The van der Waals surface area contributed by atoms with E-state index in [1.54, 1.807) is 24.1 Å². The number of carbonyl (C=O) groups excluding carboxylic acids is 1. The zero-order valence-electron chi connectivity index (χ0n) is 11.9. The van der Waals surface area contributed by atoms with Crippen molar-refractivity contribution in [1.82, 2.24) is 10.2 Å². The first-order chi connectivity index (χ1) is 9.49. The standard InChI is InChI=1S/C14H18Cl2N2O2.ClH/c1-9-13(17-5-6-20-9)14(19)18(2)8-10-3-4-11(15)12(16)7-10;/h3-4,7,9,13,17H,5-6,8H2,1-2H3;1H/t9-,13+;/m1./s1. The van der Waals surface area contributed by atoms with Gasteiger partial charge >= 0.3 is 0 Å². The summed E-state index contributed by atoms with van der Waals surface area (Å²) >= 11 is 11.9. The first-order valence-corrected chi connectivity index (χ1v) is 7.28. The lowest BCUT2D eigenvalue weighted by Crippen LogP contribution is -2.55. The molecule has 1 heterocycles. The molecule has 1 aromatic carbocycles. The van der Waals surface area contributed by atoms with Crippen molar-refractivity contribution in [3.05, 3.63) is 33.8 Å². The lowest BCUT2D eigenvalue weighted by atomic mass is 10.1. The van der Waals surface area contributed by atoms with Crippen LogP contribution in [0.2, 0.25) is 10.0 Å². The molecule has 0 aliphatic carbocycles. The number of hydrogen-bond donors (Lipinski definition) is 1. The Hall–Kier alpha value is -0.520. The summed E-state index contributed by atoms with van der Waals surface area (Å²) in [5.74, 6) is 0.0169. The van der Waals surface area contributed by atoms with Gasteiger partial charge in [0.1, 0.15) is 6.04 Å². The molecule has 1 aliphatic heterocycles. The van der Waals surface area contributed by atoms with E-state index in [1.807, 2.05) is 13.0 Å². The molecule has 0 bridgehead atoms. The first-order valence-electron chi connectivity index (χ1n) is 6.53. The maximum absolute atomic E-state index is 12.4. The Morgan fingerprint density at radius 1 is 1.43 bits per heavy atom. The monoisotopic (exact) mass is 352 g/mol. The number of ether oxygens (including phenoxy) is 1. The Morgan fingerprint density at radius 2 is 2.14 bits per heavy atom. The zero-order valence-corrected chi connectivity index (χ0v) is 14.3. The van der Waals surface area contributed by atoms with Gasteiger partial charge in [-0.2, -0.15) is 0 Å². The Bertz CT molecular complexity index is 499. The fourth-order valence-electron chi connectivity index (χ4n) is 2.24. The predicted octanol–water partition coefficient (Wildman–Crippen LogP) is 2.75. The number of benzene rings is 1. The number of amides is 1. The van der Waals surface area contributed by atoms with E-state index in [-0.39, 0.29) is 30.5 Å². The van der Waals surface area contributed by atoms with E-state index in [0.29, 0.717) is 29.7 Å². The second kappa shape index (κ2) is 8.20. The fraction of sp³-hybridized carbons (Fsp3) is 0.500. The normalized spacial score (nSPS) is 21.5. The van der Waals surface area contributed by atoms with E-state index >= 15 is 0 Å². The molecule has 2 atom stereocenters. The summed E-state index contributed by atoms with van der Waals surface area (Å²) < 4.78 is 5.50. The molecule has 0 saturated carbocycles. The molecule has 7 heteroatoms. The summed E-state index contributed by atoms with van der Waals surface area (Å²) in [4.78, 5) is 14.1. The van der Waals surface area contributed by atoms with Crippen molar-refractivity contribution in [2.75, 3.05) is 20.2 Å². The van der Waals surface area contributed by atoms with Crippen molar-refractivity contribution in [3.63, 3.8) is 0 Å². The Morgan fingerprint density at radius 3 is 2.76 bits per heavy atom. The third-order valence-electron chi connectivity index (χ3n) is 3.36. The Labute approximate surface area is 141 Å². The Kier molecular flexibility index (Phi) is 7.24. The van der Waals surface area contributed by atoms with Crippen LogP contribution < -0.4 is 5.32 Å². The molecule has 4 nitrogen and oxygen atoms in total. The van der Waals surface area contributed by atoms with Crippen LogP contribution in [0.25, 0.3) is 0 Å². The molecule has 1 saturated heterocycles. The minimum Gasteiger partial charge on any atom is -0.375 e. The van der Waals surface area contributed by atoms with E-state index in [4.69, 9.17) is 27.9 Å². The maximum atomic E-state index is 12.4. The van der Waals surface area contributed by atoms with Crippen molar-refractivity contribution in [1.29, 1.82) is 0 Å². The first kappa shape index (κ1) is 18.5. The second-order valence-electron chi connectivity index (χ2n) is 4.95. The van der Waals surface area contributed by atoms with Gasteiger partial charge in [0.25, 0.3) is 0 Å². The maximum Gasteiger partial charge on any atom is 0.242 e. The zero-order chi connectivity index (χ0) is 14.7. The van der Waals surface area contributed by atoms with Crippen molar-refractivity contribution in [2.24, 2.45) is 0 Å². The van der Waals surface area contributed by atoms with Crippen LogP contribution >= 0.6 is 35.6 Å². The molecule has 0 spiro atoms. The largest absolute Gasteiger partial charge is 0.375 e. The number of rotatable bonds is 3. The van der Waals surface area contributed by atoms with Crippen molar-refractivity contribution < 1.29 is 9.53 Å². The third-order valence-corrected chi connectivity index (χ3v) is 4.10. The number of morpholine rings is 1. The number of carbonyl (C=O) groups is 1. The molecule has 118 valence electrons. The SMILES string of the molecule is C[C@H]1OCCN[C@@H]1C(=O)N(C)Cc1ccc(Cl)c(Cl)c1.Cl. The van der Waals surface area contributed by atoms with E-state index in [9.17, 15) is 4.79 Å². The van der Waals surface area contributed by atoms with Crippen LogP contribution in [0.3, 0.4) is 0 Å². The van der Waals surface area contributed by atoms with Gasteiger partial charge in [-0.3, -0.25) is 4.79 Å². The highest BCUT2D eigenvalue weighted by atomic mass is 35.5. The van der Waals surface area contributed by atoms with Gasteiger partial charge in [-0.1, -0.05) is 29.3 Å². The molecule has 1 N–H and O–H groups in total. The van der Waals surface area contributed by atoms with Gasteiger partial charge in [-0.05, 0) is 24.6 Å². The van der Waals surface area contributed by atoms with Crippen LogP contribution in [-0.4, -0.2) is 43.2 Å². The average molecular weight is 354 g/mol. The van der Waals surface area contributed by atoms with Crippen LogP contribution in [-0.2, 0) is 16.1 Å². The van der Waals surface area contributed by atoms with Gasteiger partial charge in [-0.15, -0.1) is 12.4 Å². The summed E-state index contributed by atoms with van der Waals surface area (Å²) in [5.41, 5.74) is 0.944. The van der Waals surface area contributed by atoms with Crippen molar-refractivity contribution >= 4 is 41.5 Å². The van der Waals surface area contributed by atoms with E-state index in [1.165, 1.54) is 0 Å². The number of hydrogen-bond acceptors (Lipinski definition) is 3. The summed E-state index contributed by atoms with van der Waals surface area (Å²) in [6, 6.07) is 5.09. The lowest BCUT2D eigenvalue weighted by molar-refractivity contribution is -0.138. The molecular weight excluding hydrogens is 335 g/mol. The average Bonchev–Trinajstić information content (AvgIpc) is 2.42. The van der Waals surface area contributed by atoms with E-state index in [0.717, 1.165) is 5.56 Å². The topological polar surface area (TPSA) is 41.6 Å². The van der Waals surface area contributed by atoms with Gasteiger partial charge in [-0.25, -0.2) is 0 Å². The molecule has 21 heavy (non-hydrogen) atoms. The molecular formula is C14H19Cl3N2O2. The van der Waals surface area contributed by atoms with Gasteiger partial charge in [0.2, 0.25) is 5.91 Å². The second-order valence-corrected chi connectivity index (χ2v) is 5.76. The molecule has 0 unspecified atom stereocenters. The van der Waals surface area contributed by atoms with Crippen LogP contribution in [0.15, 0.2) is 18.2 Å². The van der Waals surface area contributed by atoms with Crippen LogP contribution in [0, 0.1) is 0 Å². The van der Waals surface area contributed by atoms with Crippen LogP contribution in [0.5, 0.6) is 0 Å². The molecule has 1 aromatic rings. The minimum atomic E-state index is -0.295. The van der Waals surface area contributed by atoms with Crippen LogP contribution in [0.1, 0.15) is 12.5 Å². The third kappa shape index (κ3) is 4.73. The minimum absolute atomic E-state index is 0. The van der Waals surface area contributed by atoms with Crippen molar-refractivity contribution in [3.8, 4) is 0 Å². The summed E-state index contributed by atoms with van der Waals surface area (Å²) in [5, 5.41) is 4.20. The molecule has 0 aromatic heterocycles. The molecule has 0 radical (unpaired) electrons. The van der Waals surface area contributed by atoms with Crippen LogP contribution in [0.4, 0.5) is 0 Å². The highest BCUT2D eigenvalue weighted by Gasteiger charge is 2.30.